The molecule has 0 amide bonds. The molecule has 0 heterocycles. The predicted octanol–water partition coefficient (Wildman–Crippen LogP) is 4.43. The Balaban J connectivity index is 2.48. The van der Waals surface area contributed by atoms with Crippen LogP contribution in [0.25, 0.3) is 11.1 Å². The fourth-order valence-electron chi connectivity index (χ4n) is 2.07. The fourth-order valence-corrected chi connectivity index (χ4v) is 2.07. The summed E-state index contributed by atoms with van der Waals surface area (Å²) in [6, 6.07) is 14.4. The summed E-state index contributed by atoms with van der Waals surface area (Å²) in [5, 5.41) is 0. The highest BCUT2D eigenvalue weighted by atomic mass is 16.1. The lowest BCUT2D eigenvalue weighted by Crippen LogP contribution is -1.94. The lowest BCUT2D eigenvalue weighted by atomic mass is 9.96. The van der Waals surface area contributed by atoms with Gasteiger partial charge in [-0.05, 0) is 48.6 Å². The number of hydrogen-bond acceptors (Lipinski definition) is 1. The predicted molar refractivity (Wildman–Crippen MR) is 76.0 cm³/mol. The summed E-state index contributed by atoms with van der Waals surface area (Å²) in [4.78, 5) is 11.4. The van der Waals surface area contributed by atoms with Crippen molar-refractivity contribution < 1.29 is 4.79 Å². The van der Waals surface area contributed by atoms with E-state index in [2.05, 4.69) is 38.1 Å². The van der Waals surface area contributed by atoms with E-state index in [0.717, 1.165) is 17.5 Å². The van der Waals surface area contributed by atoms with Gasteiger partial charge < -0.3 is 0 Å². The van der Waals surface area contributed by atoms with Crippen molar-refractivity contribution in [2.45, 2.75) is 27.2 Å². The number of carbonyl (C=O) groups excluding carboxylic acids is 1. The van der Waals surface area contributed by atoms with Crippen molar-refractivity contribution in [2.24, 2.45) is 0 Å². The van der Waals surface area contributed by atoms with Crippen LogP contribution < -0.4 is 0 Å². The van der Waals surface area contributed by atoms with Gasteiger partial charge in [0, 0.05) is 5.56 Å². The minimum atomic E-state index is 0.112. The van der Waals surface area contributed by atoms with Crippen LogP contribution in [-0.2, 0) is 6.42 Å². The lowest BCUT2D eigenvalue weighted by molar-refractivity contribution is 0.101. The van der Waals surface area contributed by atoms with E-state index >= 15 is 0 Å². The number of ketones is 1. The maximum atomic E-state index is 11.4. The van der Waals surface area contributed by atoms with Gasteiger partial charge in [-0.2, -0.15) is 0 Å². The number of Topliss-reactive ketones (excluding diaryl/α,β-unsaturated/α-hetero) is 1. The number of carbonyl (C=O) groups is 1. The monoisotopic (exact) mass is 238 g/mol. The third kappa shape index (κ3) is 2.51. The van der Waals surface area contributed by atoms with Crippen molar-refractivity contribution in [1.29, 1.82) is 0 Å². The maximum absolute atomic E-state index is 11.4. The Bertz CT molecular complexity index is 565. The van der Waals surface area contributed by atoms with Crippen LogP contribution in [0.5, 0.6) is 0 Å². The highest BCUT2D eigenvalue weighted by Gasteiger charge is 2.06. The number of hydrogen-bond donors (Lipinski definition) is 0. The molecule has 2 aromatic carbocycles. The maximum Gasteiger partial charge on any atom is 0.159 e. The second-order valence-corrected chi connectivity index (χ2v) is 4.64. The Kier molecular flexibility index (Phi) is 3.61. The van der Waals surface area contributed by atoms with Crippen LogP contribution in [0.4, 0.5) is 0 Å². The van der Waals surface area contributed by atoms with E-state index in [1.54, 1.807) is 6.92 Å². The first kappa shape index (κ1) is 12.6. The molecule has 2 rings (SSSR count). The summed E-state index contributed by atoms with van der Waals surface area (Å²) >= 11 is 0. The molecule has 1 heteroatoms. The molecule has 0 radical (unpaired) electrons. The van der Waals surface area contributed by atoms with Crippen LogP contribution in [0, 0.1) is 6.92 Å². The van der Waals surface area contributed by atoms with Gasteiger partial charge in [-0.25, -0.2) is 0 Å². The first-order chi connectivity index (χ1) is 8.61. The summed E-state index contributed by atoms with van der Waals surface area (Å²) in [6.07, 6.45) is 1.05. The van der Waals surface area contributed by atoms with Gasteiger partial charge in [-0.3, -0.25) is 4.79 Å². The average Bonchev–Trinajstić information content (AvgIpc) is 2.39. The second-order valence-electron chi connectivity index (χ2n) is 4.64. The van der Waals surface area contributed by atoms with E-state index in [-0.39, 0.29) is 5.78 Å². The van der Waals surface area contributed by atoms with Crippen LogP contribution in [0.3, 0.4) is 0 Å². The third-order valence-corrected chi connectivity index (χ3v) is 3.32. The average molecular weight is 238 g/mol. The lowest BCUT2D eigenvalue weighted by Gasteiger charge is -2.08. The molecule has 92 valence electrons. The number of aryl methyl sites for hydroxylation is 2. The molecule has 0 spiro atoms. The van der Waals surface area contributed by atoms with E-state index in [1.165, 1.54) is 16.7 Å². The molecule has 1 nitrogen and oxygen atoms in total. The van der Waals surface area contributed by atoms with Crippen LogP contribution >= 0.6 is 0 Å². The van der Waals surface area contributed by atoms with Gasteiger partial charge in [0.25, 0.3) is 0 Å². The molecule has 0 saturated heterocycles. The van der Waals surface area contributed by atoms with Gasteiger partial charge in [-0.15, -0.1) is 0 Å². The molecular weight excluding hydrogens is 220 g/mol. The molecule has 2 aromatic rings. The zero-order valence-corrected chi connectivity index (χ0v) is 11.2. The highest BCUT2D eigenvalue weighted by molar-refractivity contribution is 5.95. The molecular formula is C17H18O. The zero-order chi connectivity index (χ0) is 13.1. The van der Waals surface area contributed by atoms with Crippen molar-refractivity contribution in [3.8, 4) is 11.1 Å². The first-order valence-corrected chi connectivity index (χ1v) is 6.32. The van der Waals surface area contributed by atoms with E-state index in [0.29, 0.717) is 0 Å². The molecule has 0 N–H and O–H groups in total. The second kappa shape index (κ2) is 5.18. The largest absolute Gasteiger partial charge is 0.295 e. The topological polar surface area (TPSA) is 17.1 Å². The molecule has 0 aliphatic rings. The molecule has 0 saturated carbocycles. The van der Waals surface area contributed by atoms with Gasteiger partial charge in [0.2, 0.25) is 0 Å². The van der Waals surface area contributed by atoms with Crippen LogP contribution in [0.1, 0.15) is 35.3 Å². The van der Waals surface area contributed by atoms with Crippen LogP contribution in [0.2, 0.25) is 0 Å². The van der Waals surface area contributed by atoms with Gasteiger partial charge >= 0.3 is 0 Å². The molecule has 0 bridgehead atoms. The first-order valence-electron chi connectivity index (χ1n) is 6.32. The third-order valence-electron chi connectivity index (χ3n) is 3.32. The summed E-state index contributed by atoms with van der Waals surface area (Å²) in [7, 11) is 0. The Labute approximate surface area is 108 Å². The Morgan fingerprint density at radius 3 is 2.28 bits per heavy atom. The van der Waals surface area contributed by atoms with Gasteiger partial charge in [0.15, 0.2) is 5.78 Å². The van der Waals surface area contributed by atoms with Crippen LogP contribution in [0.15, 0.2) is 42.5 Å². The van der Waals surface area contributed by atoms with Crippen molar-refractivity contribution in [3.63, 3.8) is 0 Å². The molecule has 0 unspecified atom stereocenters. The molecule has 0 aliphatic carbocycles. The molecule has 0 atom stereocenters. The quantitative estimate of drug-likeness (QED) is 0.723. The Morgan fingerprint density at radius 2 is 1.72 bits per heavy atom. The fraction of sp³-hybridized carbons (Fsp3) is 0.235. The normalized spacial score (nSPS) is 10.4. The Hall–Kier alpha value is -1.89. The van der Waals surface area contributed by atoms with Crippen LogP contribution in [-0.4, -0.2) is 5.78 Å². The smallest absolute Gasteiger partial charge is 0.159 e. The summed E-state index contributed by atoms with van der Waals surface area (Å²) < 4.78 is 0. The van der Waals surface area contributed by atoms with E-state index in [1.807, 2.05) is 18.2 Å². The zero-order valence-electron chi connectivity index (χ0n) is 11.2. The minimum Gasteiger partial charge on any atom is -0.295 e. The summed E-state index contributed by atoms with van der Waals surface area (Å²) in [5.41, 5.74) is 5.62. The number of benzene rings is 2. The SMILES string of the molecule is CCc1ccc(-c2cc(C(C)=O)ccc2C)cc1. The number of rotatable bonds is 3. The molecule has 0 fully saturated rings. The van der Waals surface area contributed by atoms with Crippen molar-refractivity contribution in [2.75, 3.05) is 0 Å². The summed E-state index contributed by atoms with van der Waals surface area (Å²) in [6.45, 7) is 5.83. The highest BCUT2D eigenvalue weighted by Crippen LogP contribution is 2.25. The van der Waals surface area contributed by atoms with E-state index in [4.69, 9.17) is 0 Å². The van der Waals surface area contributed by atoms with E-state index < -0.39 is 0 Å². The molecule has 0 aliphatic heterocycles. The molecule has 0 aromatic heterocycles. The summed E-state index contributed by atoms with van der Waals surface area (Å²) in [5.74, 6) is 0.112. The van der Waals surface area contributed by atoms with Crippen molar-refractivity contribution in [3.05, 3.63) is 59.2 Å². The van der Waals surface area contributed by atoms with Gasteiger partial charge in [-0.1, -0.05) is 43.3 Å². The minimum absolute atomic E-state index is 0.112. The Morgan fingerprint density at radius 1 is 1.06 bits per heavy atom. The molecule has 18 heavy (non-hydrogen) atoms. The van der Waals surface area contributed by atoms with Gasteiger partial charge in [0.05, 0.1) is 0 Å². The standard InChI is InChI=1S/C17H18O/c1-4-14-6-9-15(10-7-14)17-11-16(13(3)18)8-5-12(17)2/h5-11H,4H2,1-3H3. The van der Waals surface area contributed by atoms with Crippen molar-refractivity contribution >= 4 is 5.78 Å². The van der Waals surface area contributed by atoms with E-state index in [9.17, 15) is 4.79 Å². The van der Waals surface area contributed by atoms with Gasteiger partial charge in [0.1, 0.15) is 0 Å². The van der Waals surface area contributed by atoms with Crippen molar-refractivity contribution in [1.82, 2.24) is 0 Å².